The molecule has 1 aromatic carbocycles. The van der Waals surface area contributed by atoms with Gasteiger partial charge in [0.15, 0.2) is 5.01 Å². The monoisotopic (exact) mass is 250 g/mol. The molecule has 1 aromatic heterocycles. The Morgan fingerprint density at radius 3 is 2.65 bits per heavy atom. The van der Waals surface area contributed by atoms with E-state index in [1.54, 1.807) is 0 Å². The first-order chi connectivity index (χ1) is 8.22. The molecular formula is C11H10N2O3S. The highest BCUT2D eigenvalue weighted by atomic mass is 32.1. The molecule has 6 heteroatoms. The smallest absolute Gasteiger partial charge is 0.224 e. The highest BCUT2D eigenvalue weighted by Crippen LogP contribution is 2.23. The molecule has 0 saturated heterocycles. The van der Waals surface area contributed by atoms with E-state index in [0.717, 1.165) is 16.9 Å². The van der Waals surface area contributed by atoms with Crippen molar-refractivity contribution in [3.63, 3.8) is 0 Å². The summed E-state index contributed by atoms with van der Waals surface area (Å²) in [5, 5.41) is 26.2. The molecule has 17 heavy (non-hydrogen) atoms. The van der Waals surface area contributed by atoms with Crippen LogP contribution in [0, 0.1) is 0 Å². The molecule has 1 unspecified atom stereocenters. The number of aromatic nitrogens is 2. The van der Waals surface area contributed by atoms with Crippen LogP contribution in [-0.2, 0) is 0 Å². The molecule has 0 saturated carbocycles. The number of carbonyl (C=O) groups excluding carboxylic acids is 1. The van der Waals surface area contributed by atoms with E-state index in [2.05, 4.69) is 10.2 Å². The van der Waals surface area contributed by atoms with Gasteiger partial charge in [-0.1, -0.05) is 41.7 Å². The van der Waals surface area contributed by atoms with Crippen molar-refractivity contribution in [2.24, 2.45) is 0 Å². The lowest BCUT2D eigenvalue weighted by Crippen LogP contribution is -2.24. The van der Waals surface area contributed by atoms with E-state index in [4.69, 9.17) is 5.11 Å². The maximum Gasteiger partial charge on any atom is 0.224 e. The molecule has 0 aliphatic carbocycles. The van der Waals surface area contributed by atoms with Crippen LogP contribution in [0.15, 0.2) is 30.3 Å². The van der Waals surface area contributed by atoms with Gasteiger partial charge in [-0.25, -0.2) is 0 Å². The summed E-state index contributed by atoms with van der Waals surface area (Å²) in [5.74, 6) is -0.604. The zero-order valence-corrected chi connectivity index (χ0v) is 9.59. The van der Waals surface area contributed by atoms with E-state index >= 15 is 0 Å². The molecule has 1 atom stereocenters. The number of rotatable bonds is 4. The summed E-state index contributed by atoms with van der Waals surface area (Å²) in [4.78, 5) is 11.5. The van der Waals surface area contributed by atoms with Gasteiger partial charge in [-0.05, 0) is 0 Å². The summed E-state index contributed by atoms with van der Waals surface area (Å²) in [6, 6.07) is 9.32. The summed E-state index contributed by atoms with van der Waals surface area (Å²) in [7, 11) is 0. The molecule has 0 bridgehead atoms. The van der Waals surface area contributed by atoms with Gasteiger partial charge in [-0.15, -0.1) is 10.2 Å². The van der Waals surface area contributed by atoms with Gasteiger partial charge in [0.25, 0.3) is 0 Å². The predicted octanol–water partition coefficient (Wildman–Crippen LogP) is 0.741. The maximum absolute atomic E-state index is 11.5. The van der Waals surface area contributed by atoms with E-state index in [1.807, 2.05) is 30.3 Å². The standard InChI is InChI=1S/C11H10N2O3S/c14-6-8(15)9(16)11-13-12-10(17-11)7-4-2-1-3-5-7/h1-5,8,14-15H,6H2. The van der Waals surface area contributed by atoms with Crippen LogP contribution >= 0.6 is 11.3 Å². The number of aliphatic hydroxyl groups excluding tert-OH is 2. The maximum atomic E-state index is 11.5. The Hall–Kier alpha value is -1.63. The Morgan fingerprint density at radius 1 is 1.29 bits per heavy atom. The van der Waals surface area contributed by atoms with E-state index in [9.17, 15) is 9.90 Å². The van der Waals surface area contributed by atoms with E-state index < -0.39 is 18.5 Å². The molecule has 0 amide bonds. The van der Waals surface area contributed by atoms with E-state index in [1.165, 1.54) is 0 Å². The van der Waals surface area contributed by atoms with Gasteiger partial charge in [-0.3, -0.25) is 4.79 Å². The number of Topliss-reactive ketones (excluding diaryl/α,β-unsaturated/α-hetero) is 1. The van der Waals surface area contributed by atoms with Crippen LogP contribution in [0.5, 0.6) is 0 Å². The second-order valence-electron chi connectivity index (χ2n) is 3.34. The molecule has 0 fully saturated rings. The van der Waals surface area contributed by atoms with Gasteiger partial charge in [-0.2, -0.15) is 0 Å². The minimum Gasteiger partial charge on any atom is -0.393 e. The third kappa shape index (κ3) is 2.55. The zero-order valence-electron chi connectivity index (χ0n) is 8.78. The Morgan fingerprint density at radius 2 is 2.00 bits per heavy atom. The van der Waals surface area contributed by atoms with Crippen molar-refractivity contribution in [1.82, 2.24) is 10.2 Å². The zero-order chi connectivity index (χ0) is 12.3. The second kappa shape index (κ2) is 5.13. The molecule has 2 rings (SSSR count). The van der Waals surface area contributed by atoms with Crippen molar-refractivity contribution in [3.05, 3.63) is 35.3 Å². The number of carbonyl (C=O) groups is 1. The average Bonchev–Trinajstić information content (AvgIpc) is 2.87. The SMILES string of the molecule is O=C(c1nnc(-c2ccccc2)s1)C(O)CO. The molecule has 0 radical (unpaired) electrons. The largest absolute Gasteiger partial charge is 0.393 e. The summed E-state index contributed by atoms with van der Waals surface area (Å²) < 4.78 is 0. The Labute approximate surface area is 101 Å². The molecule has 2 N–H and O–H groups in total. The molecule has 2 aromatic rings. The summed E-state index contributed by atoms with van der Waals surface area (Å²) in [6.45, 7) is -0.612. The number of hydrogen-bond donors (Lipinski definition) is 2. The number of aliphatic hydroxyl groups is 2. The average molecular weight is 250 g/mol. The molecule has 5 nitrogen and oxygen atoms in total. The number of benzene rings is 1. The summed E-state index contributed by atoms with van der Waals surface area (Å²) in [6.07, 6.45) is -1.42. The van der Waals surface area contributed by atoms with E-state index in [0.29, 0.717) is 5.01 Å². The van der Waals surface area contributed by atoms with Gasteiger partial charge >= 0.3 is 0 Å². The van der Waals surface area contributed by atoms with Crippen molar-refractivity contribution >= 4 is 17.1 Å². The quantitative estimate of drug-likeness (QED) is 0.782. The van der Waals surface area contributed by atoms with Gasteiger partial charge in [0.1, 0.15) is 11.1 Å². The predicted molar refractivity (Wildman–Crippen MR) is 62.8 cm³/mol. The number of ketones is 1. The molecule has 88 valence electrons. The Bertz CT molecular complexity index is 512. The first-order valence-electron chi connectivity index (χ1n) is 4.94. The fourth-order valence-electron chi connectivity index (χ4n) is 1.25. The van der Waals surface area contributed by atoms with Crippen molar-refractivity contribution in [2.45, 2.75) is 6.10 Å². The van der Waals surface area contributed by atoms with Crippen LogP contribution in [0.1, 0.15) is 9.80 Å². The van der Waals surface area contributed by atoms with Crippen LogP contribution in [0.25, 0.3) is 10.6 Å². The van der Waals surface area contributed by atoms with Gasteiger partial charge in [0.05, 0.1) is 6.61 Å². The number of hydrogen-bond acceptors (Lipinski definition) is 6. The second-order valence-corrected chi connectivity index (χ2v) is 4.32. The number of nitrogens with zero attached hydrogens (tertiary/aromatic N) is 2. The van der Waals surface area contributed by atoms with Crippen LogP contribution in [-0.4, -0.2) is 38.9 Å². The van der Waals surface area contributed by atoms with Crippen molar-refractivity contribution in [3.8, 4) is 10.6 Å². The highest BCUT2D eigenvalue weighted by molar-refractivity contribution is 7.16. The molecule has 0 aliphatic rings. The van der Waals surface area contributed by atoms with E-state index in [-0.39, 0.29) is 5.01 Å². The van der Waals surface area contributed by atoms with Gasteiger partial charge in [0, 0.05) is 5.56 Å². The first-order valence-corrected chi connectivity index (χ1v) is 5.76. The molecule has 0 spiro atoms. The van der Waals surface area contributed by atoms with Gasteiger partial charge in [0.2, 0.25) is 5.78 Å². The van der Waals surface area contributed by atoms with Crippen LogP contribution in [0.4, 0.5) is 0 Å². The normalized spacial score (nSPS) is 12.4. The van der Waals surface area contributed by atoms with Gasteiger partial charge < -0.3 is 10.2 Å². The highest BCUT2D eigenvalue weighted by Gasteiger charge is 2.20. The van der Waals surface area contributed by atoms with Crippen molar-refractivity contribution in [2.75, 3.05) is 6.61 Å². The third-order valence-corrected chi connectivity index (χ3v) is 3.12. The topological polar surface area (TPSA) is 83.3 Å². The molecular weight excluding hydrogens is 240 g/mol. The third-order valence-electron chi connectivity index (χ3n) is 2.13. The fourth-order valence-corrected chi connectivity index (χ4v) is 2.08. The van der Waals surface area contributed by atoms with Crippen LogP contribution in [0.3, 0.4) is 0 Å². The first kappa shape index (κ1) is 11.8. The summed E-state index contributed by atoms with van der Waals surface area (Å²) >= 11 is 1.09. The minimum absolute atomic E-state index is 0.102. The van der Waals surface area contributed by atoms with Crippen LogP contribution in [0.2, 0.25) is 0 Å². The Balaban J connectivity index is 2.25. The van der Waals surface area contributed by atoms with Crippen molar-refractivity contribution in [1.29, 1.82) is 0 Å². The summed E-state index contributed by atoms with van der Waals surface area (Å²) in [5.41, 5.74) is 0.863. The Kier molecular flexibility index (Phi) is 3.58. The fraction of sp³-hybridized carbons (Fsp3) is 0.182. The molecule has 1 heterocycles. The lowest BCUT2D eigenvalue weighted by Gasteiger charge is -2.00. The lowest BCUT2D eigenvalue weighted by atomic mass is 10.2. The minimum atomic E-state index is -1.42. The van der Waals surface area contributed by atoms with Crippen LogP contribution < -0.4 is 0 Å². The molecule has 0 aliphatic heterocycles. The van der Waals surface area contributed by atoms with Crippen molar-refractivity contribution < 1.29 is 15.0 Å². The lowest BCUT2D eigenvalue weighted by molar-refractivity contribution is 0.0586.